The Kier molecular flexibility index (Phi) is 8.21. The zero-order valence-electron chi connectivity index (χ0n) is 20.9. The molecule has 9 heteroatoms. The highest BCUT2D eigenvalue weighted by atomic mass is 32.1. The summed E-state index contributed by atoms with van der Waals surface area (Å²) < 4.78 is 5.08. The van der Waals surface area contributed by atoms with E-state index in [2.05, 4.69) is 17.2 Å². The van der Waals surface area contributed by atoms with Gasteiger partial charge in [-0.25, -0.2) is 4.79 Å². The maximum absolute atomic E-state index is 13.6. The lowest BCUT2D eigenvalue weighted by Crippen LogP contribution is -2.42. The van der Waals surface area contributed by atoms with Crippen LogP contribution in [0.25, 0.3) is 9.75 Å². The number of nitrogens with one attached hydrogen (secondary N) is 1. The van der Waals surface area contributed by atoms with Gasteiger partial charge in [-0.2, -0.15) is 0 Å². The molecule has 0 spiro atoms. The van der Waals surface area contributed by atoms with Gasteiger partial charge < -0.3 is 15.0 Å². The topological polar surface area (TPSA) is 88.6 Å². The van der Waals surface area contributed by atoms with Crippen molar-refractivity contribution in [3.63, 3.8) is 0 Å². The van der Waals surface area contributed by atoms with Gasteiger partial charge in [0.1, 0.15) is 10.6 Å². The number of carbonyl (C=O) groups is 3. The van der Waals surface area contributed by atoms with Crippen LogP contribution in [0.3, 0.4) is 0 Å². The van der Waals surface area contributed by atoms with Crippen molar-refractivity contribution in [2.45, 2.75) is 52.5 Å². The molecule has 3 heterocycles. The van der Waals surface area contributed by atoms with Crippen LogP contribution in [0.5, 0.6) is 0 Å². The second-order valence-electron chi connectivity index (χ2n) is 9.41. The van der Waals surface area contributed by atoms with E-state index in [1.807, 2.05) is 32.0 Å². The molecule has 0 bridgehead atoms. The van der Waals surface area contributed by atoms with Crippen LogP contribution in [0.4, 0.5) is 10.7 Å². The Morgan fingerprint density at radius 1 is 1.06 bits per heavy atom. The molecule has 0 aromatic carbocycles. The van der Waals surface area contributed by atoms with Crippen LogP contribution in [0.2, 0.25) is 0 Å². The molecule has 1 saturated carbocycles. The highest BCUT2D eigenvalue weighted by molar-refractivity contribution is 7.25. The van der Waals surface area contributed by atoms with Gasteiger partial charge in [-0.05, 0) is 75.8 Å². The van der Waals surface area contributed by atoms with E-state index >= 15 is 0 Å². The standard InChI is InChI=1S/C27H31N3O4S2/c1-16(2)30(26(32)18-10-8-17(3)9-11-18)20-15-22(36-24(20)27(33)34-4)21-12-13-23(35-21)29-25(31)19-7-5-6-14-28-19/h5-7,12-18H,8-11H2,1-4H3,(H,29,31). The number of methoxy groups -OCH3 is 1. The Bertz CT molecular complexity index is 1230. The molecule has 0 saturated heterocycles. The molecule has 1 fully saturated rings. The van der Waals surface area contributed by atoms with E-state index in [9.17, 15) is 14.4 Å². The van der Waals surface area contributed by atoms with Crippen LogP contribution >= 0.6 is 22.7 Å². The number of carbonyl (C=O) groups excluding carboxylic acids is 3. The molecule has 2 amide bonds. The Morgan fingerprint density at radius 2 is 1.81 bits per heavy atom. The van der Waals surface area contributed by atoms with E-state index in [0.29, 0.717) is 27.2 Å². The maximum Gasteiger partial charge on any atom is 0.350 e. The van der Waals surface area contributed by atoms with Gasteiger partial charge in [0, 0.05) is 27.9 Å². The number of nitrogens with zero attached hydrogens (tertiary/aromatic N) is 2. The SMILES string of the molecule is COC(=O)c1sc(-c2ccc(NC(=O)c3ccccn3)s2)cc1N(C(=O)C1CCC(C)CC1)C(C)C. The van der Waals surface area contributed by atoms with Crippen molar-refractivity contribution in [2.24, 2.45) is 11.8 Å². The second-order valence-corrected chi connectivity index (χ2v) is 11.5. The number of anilines is 2. The van der Waals surface area contributed by atoms with E-state index in [1.165, 1.54) is 29.8 Å². The minimum absolute atomic E-state index is 0.0346. The Labute approximate surface area is 219 Å². The predicted molar refractivity (Wildman–Crippen MR) is 145 cm³/mol. The average molecular weight is 526 g/mol. The fourth-order valence-electron chi connectivity index (χ4n) is 4.49. The van der Waals surface area contributed by atoms with Crippen LogP contribution in [0, 0.1) is 11.8 Å². The van der Waals surface area contributed by atoms with Gasteiger partial charge in [0.25, 0.3) is 5.91 Å². The van der Waals surface area contributed by atoms with Gasteiger partial charge in [-0.1, -0.05) is 13.0 Å². The molecule has 1 N–H and O–H groups in total. The largest absolute Gasteiger partial charge is 0.465 e. The summed E-state index contributed by atoms with van der Waals surface area (Å²) >= 11 is 2.70. The minimum atomic E-state index is -0.461. The molecule has 7 nitrogen and oxygen atoms in total. The molecule has 190 valence electrons. The molecule has 1 aliphatic rings. The molecular weight excluding hydrogens is 494 g/mol. The number of rotatable bonds is 7. The first-order valence-electron chi connectivity index (χ1n) is 12.2. The Balaban J connectivity index is 1.62. The maximum atomic E-state index is 13.6. The fourth-order valence-corrected chi connectivity index (χ4v) is 6.54. The lowest BCUT2D eigenvalue weighted by molar-refractivity contribution is -0.123. The minimum Gasteiger partial charge on any atom is -0.465 e. The number of hydrogen-bond acceptors (Lipinski definition) is 7. The smallest absolute Gasteiger partial charge is 0.350 e. The number of amides is 2. The van der Waals surface area contributed by atoms with E-state index in [-0.39, 0.29) is 23.8 Å². The van der Waals surface area contributed by atoms with Crippen LogP contribution in [-0.4, -0.2) is 35.9 Å². The third-order valence-corrected chi connectivity index (χ3v) is 8.75. The second kappa shape index (κ2) is 11.3. The van der Waals surface area contributed by atoms with Crippen LogP contribution < -0.4 is 10.2 Å². The summed E-state index contributed by atoms with van der Waals surface area (Å²) in [4.78, 5) is 46.9. The summed E-state index contributed by atoms with van der Waals surface area (Å²) in [5, 5.41) is 3.54. The van der Waals surface area contributed by atoms with E-state index in [1.54, 1.807) is 29.3 Å². The number of pyridine rings is 1. The van der Waals surface area contributed by atoms with Crippen molar-refractivity contribution in [1.29, 1.82) is 0 Å². The molecule has 0 radical (unpaired) electrons. The van der Waals surface area contributed by atoms with Gasteiger partial charge in [-0.3, -0.25) is 14.6 Å². The third kappa shape index (κ3) is 5.68. The number of ether oxygens (including phenoxy) is 1. The van der Waals surface area contributed by atoms with E-state index in [0.717, 1.165) is 35.4 Å². The highest BCUT2D eigenvalue weighted by Crippen LogP contribution is 2.43. The zero-order valence-corrected chi connectivity index (χ0v) is 22.6. The summed E-state index contributed by atoms with van der Waals surface area (Å²) in [5.41, 5.74) is 0.926. The quantitative estimate of drug-likeness (QED) is 0.357. The van der Waals surface area contributed by atoms with Crippen molar-refractivity contribution in [2.75, 3.05) is 17.3 Å². The van der Waals surface area contributed by atoms with Crippen molar-refractivity contribution >= 4 is 51.1 Å². The normalized spacial score (nSPS) is 17.6. The summed E-state index contributed by atoms with van der Waals surface area (Å²) in [6.45, 7) is 6.17. The van der Waals surface area contributed by atoms with Crippen LogP contribution in [0.15, 0.2) is 42.6 Å². The van der Waals surface area contributed by atoms with Crippen molar-refractivity contribution in [3.05, 3.63) is 53.2 Å². The fraction of sp³-hybridized carbons (Fsp3) is 0.407. The van der Waals surface area contributed by atoms with Gasteiger partial charge in [0.05, 0.1) is 17.8 Å². The lowest BCUT2D eigenvalue weighted by Gasteiger charge is -2.33. The highest BCUT2D eigenvalue weighted by Gasteiger charge is 2.33. The van der Waals surface area contributed by atoms with Crippen LogP contribution in [0.1, 0.15) is 66.6 Å². The first-order chi connectivity index (χ1) is 17.3. The van der Waals surface area contributed by atoms with Gasteiger partial charge in [0.15, 0.2) is 0 Å². The van der Waals surface area contributed by atoms with Gasteiger partial charge in [-0.15, -0.1) is 22.7 Å². The molecular formula is C27H31N3O4S2. The third-order valence-electron chi connectivity index (χ3n) is 6.44. The Morgan fingerprint density at radius 3 is 2.44 bits per heavy atom. The van der Waals surface area contributed by atoms with Crippen molar-refractivity contribution in [3.8, 4) is 9.75 Å². The predicted octanol–water partition coefficient (Wildman–Crippen LogP) is 6.48. The molecule has 0 unspecified atom stereocenters. The molecule has 36 heavy (non-hydrogen) atoms. The van der Waals surface area contributed by atoms with Crippen molar-refractivity contribution in [1.82, 2.24) is 4.98 Å². The molecule has 0 atom stereocenters. The summed E-state index contributed by atoms with van der Waals surface area (Å²) in [5.74, 6) is -0.0682. The summed E-state index contributed by atoms with van der Waals surface area (Å²) in [7, 11) is 1.35. The molecule has 4 rings (SSSR count). The molecule has 3 aromatic rings. The van der Waals surface area contributed by atoms with Crippen LogP contribution in [-0.2, 0) is 9.53 Å². The molecule has 3 aromatic heterocycles. The van der Waals surface area contributed by atoms with E-state index < -0.39 is 5.97 Å². The first-order valence-corrected chi connectivity index (χ1v) is 13.8. The van der Waals surface area contributed by atoms with Gasteiger partial charge in [0.2, 0.25) is 5.91 Å². The lowest BCUT2D eigenvalue weighted by atomic mass is 9.82. The number of hydrogen-bond donors (Lipinski definition) is 1. The molecule has 1 aliphatic carbocycles. The van der Waals surface area contributed by atoms with Gasteiger partial charge >= 0.3 is 5.97 Å². The number of thiophene rings is 2. The number of esters is 1. The first kappa shape index (κ1) is 26.0. The Hall–Kier alpha value is -3.04. The zero-order chi connectivity index (χ0) is 25.8. The number of aromatic nitrogens is 1. The monoisotopic (exact) mass is 525 g/mol. The summed E-state index contributed by atoms with van der Waals surface area (Å²) in [6.07, 6.45) is 5.41. The average Bonchev–Trinajstić information content (AvgIpc) is 3.52. The summed E-state index contributed by atoms with van der Waals surface area (Å²) in [6, 6.07) is 10.7. The van der Waals surface area contributed by atoms with E-state index in [4.69, 9.17) is 4.74 Å². The molecule has 0 aliphatic heterocycles. The van der Waals surface area contributed by atoms with Crippen molar-refractivity contribution < 1.29 is 19.1 Å².